The van der Waals surface area contributed by atoms with Crippen LogP contribution in [0.1, 0.15) is 18.5 Å². The minimum absolute atomic E-state index is 0.0841. The van der Waals surface area contributed by atoms with Gasteiger partial charge in [0.2, 0.25) is 0 Å². The number of likely N-dealkylation sites (N-methyl/N-ethyl adjacent to an activating group) is 1. The maximum Gasteiger partial charge on any atom is 0.260 e. The molecular formula is C19H18BrClN4O2. The molecule has 0 unspecified atom stereocenters. The first-order chi connectivity index (χ1) is 13.0. The molecule has 27 heavy (non-hydrogen) atoms. The molecule has 3 rings (SSSR count). The quantitative estimate of drug-likeness (QED) is 0.563. The molecule has 0 radical (unpaired) electrons. The summed E-state index contributed by atoms with van der Waals surface area (Å²) in [6.07, 6.45) is 3.12. The summed E-state index contributed by atoms with van der Waals surface area (Å²) in [6.45, 7) is 1.88. The molecule has 1 atom stereocenters. The van der Waals surface area contributed by atoms with Gasteiger partial charge in [-0.1, -0.05) is 39.7 Å². The SMILES string of the molecule is C[C@H](c1ccc(-n2cncn2)cc1)N(C)C(=O)COc1ccc(Br)cc1Cl. The zero-order chi connectivity index (χ0) is 19.4. The number of carbonyl (C=O) groups excluding carboxylic acids is 1. The van der Waals surface area contributed by atoms with E-state index in [1.165, 1.54) is 6.33 Å². The molecule has 8 heteroatoms. The molecule has 0 bridgehead atoms. The number of rotatable bonds is 6. The van der Waals surface area contributed by atoms with Gasteiger partial charge in [-0.05, 0) is 42.8 Å². The van der Waals surface area contributed by atoms with Crippen molar-refractivity contribution in [3.8, 4) is 11.4 Å². The van der Waals surface area contributed by atoms with Gasteiger partial charge in [0.05, 0.1) is 16.8 Å². The molecule has 0 aliphatic rings. The van der Waals surface area contributed by atoms with Crippen LogP contribution in [0.25, 0.3) is 5.69 Å². The molecule has 0 aliphatic carbocycles. The summed E-state index contributed by atoms with van der Waals surface area (Å²) in [5, 5.41) is 4.56. The molecule has 140 valence electrons. The fraction of sp³-hybridized carbons (Fsp3) is 0.211. The average molecular weight is 450 g/mol. The van der Waals surface area contributed by atoms with Crippen molar-refractivity contribution in [2.75, 3.05) is 13.7 Å². The third-order valence-corrected chi connectivity index (χ3v) is 5.07. The van der Waals surface area contributed by atoms with Crippen LogP contribution >= 0.6 is 27.5 Å². The van der Waals surface area contributed by atoms with E-state index in [0.29, 0.717) is 10.8 Å². The Balaban J connectivity index is 1.62. The van der Waals surface area contributed by atoms with Gasteiger partial charge in [-0.25, -0.2) is 9.67 Å². The van der Waals surface area contributed by atoms with Gasteiger partial charge in [0.15, 0.2) is 6.61 Å². The van der Waals surface area contributed by atoms with E-state index in [2.05, 4.69) is 26.0 Å². The molecule has 0 aliphatic heterocycles. The summed E-state index contributed by atoms with van der Waals surface area (Å²) in [4.78, 5) is 18.1. The standard InChI is InChI=1S/C19H18BrClN4O2/c1-13(14-3-6-16(7-4-14)25-12-22-11-23-25)24(2)19(26)10-27-18-8-5-15(20)9-17(18)21/h3-9,11-13H,10H2,1-2H3/t13-/m1/s1. The topological polar surface area (TPSA) is 60.2 Å². The molecule has 0 saturated carbocycles. The van der Waals surface area contributed by atoms with E-state index in [0.717, 1.165) is 15.7 Å². The monoisotopic (exact) mass is 448 g/mol. The first-order valence-corrected chi connectivity index (χ1v) is 9.41. The zero-order valence-electron chi connectivity index (χ0n) is 14.8. The number of amides is 1. The Kier molecular flexibility index (Phi) is 6.13. The van der Waals surface area contributed by atoms with E-state index >= 15 is 0 Å². The Labute approximate surface area is 170 Å². The van der Waals surface area contributed by atoms with Crippen molar-refractivity contribution >= 4 is 33.4 Å². The summed E-state index contributed by atoms with van der Waals surface area (Å²) in [6, 6.07) is 13.0. The number of nitrogens with zero attached hydrogens (tertiary/aromatic N) is 4. The van der Waals surface area contributed by atoms with Crippen molar-refractivity contribution in [3.63, 3.8) is 0 Å². The Morgan fingerprint density at radius 2 is 2.04 bits per heavy atom. The van der Waals surface area contributed by atoms with Crippen LogP contribution in [0.15, 0.2) is 59.6 Å². The largest absolute Gasteiger partial charge is 0.482 e. The van der Waals surface area contributed by atoms with E-state index < -0.39 is 0 Å². The number of ether oxygens (including phenoxy) is 1. The number of hydrogen-bond donors (Lipinski definition) is 0. The van der Waals surface area contributed by atoms with Crippen molar-refractivity contribution in [1.82, 2.24) is 19.7 Å². The highest BCUT2D eigenvalue weighted by Gasteiger charge is 2.18. The van der Waals surface area contributed by atoms with Crippen molar-refractivity contribution in [2.24, 2.45) is 0 Å². The third-order valence-electron chi connectivity index (χ3n) is 4.28. The first-order valence-electron chi connectivity index (χ1n) is 8.24. The molecule has 1 aromatic heterocycles. The van der Waals surface area contributed by atoms with E-state index in [9.17, 15) is 4.79 Å². The molecule has 3 aromatic rings. The summed E-state index contributed by atoms with van der Waals surface area (Å²) in [5.41, 5.74) is 1.92. The van der Waals surface area contributed by atoms with Crippen LogP contribution in [0.5, 0.6) is 5.75 Å². The van der Waals surface area contributed by atoms with E-state index in [4.69, 9.17) is 16.3 Å². The van der Waals surface area contributed by atoms with Crippen LogP contribution in [0.3, 0.4) is 0 Å². The first kappa shape index (κ1) is 19.4. The summed E-state index contributed by atoms with van der Waals surface area (Å²) in [5.74, 6) is 0.341. The molecule has 0 N–H and O–H groups in total. The molecule has 1 amide bonds. The fourth-order valence-electron chi connectivity index (χ4n) is 2.52. The lowest BCUT2D eigenvalue weighted by Gasteiger charge is -2.25. The van der Waals surface area contributed by atoms with Gasteiger partial charge >= 0.3 is 0 Å². The maximum absolute atomic E-state index is 12.5. The second-order valence-electron chi connectivity index (χ2n) is 5.98. The number of benzene rings is 2. The Hall–Kier alpha value is -2.38. The van der Waals surface area contributed by atoms with Gasteiger partial charge < -0.3 is 9.64 Å². The van der Waals surface area contributed by atoms with Gasteiger partial charge in [-0.15, -0.1) is 0 Å². The fourth-order valence-corrected chi connectivity index (χ4v) is 3.25. The number of carbonyl (C=O) groups is 1. The van der Waals surface area contributed by atoms with Gasteiger partial charge in [0.1, 0.15) is 18.4 Å². The molecule has 0 saturated heterocycles. The van der Waals surface area contributed by atoms with Crippen LogP contribution in [-0.2, 0) is 4.79 Å². The highest BCUT2D eigenvalue weighted by atomic mass is 79.9. The molecule has 2 aromatic carbocycles. The van der Waals surface area contributed by atoms with E-state index in [1.54, 1.807) is 35.1 Å². The molecule has 1 heterocycles. The Bertz CT molecular complexity index is 916. The van der Waals surface area contributed by atoms with Crippen LogP contribution in [0.4, 0.5) is 0 Å². The predicted molar refractivity (Wildman–Crippen MR) is 107 cm³/mol. The van der Waals surface area contributed by atoms with Gasteiger partial charge in [-0.2, -0.15) is 5.10 Å². The summed E-state index contributed by atoms with van der Waals surface area (Å²) in [7, 11) is 1.75. The highest BCUT2D eigenvalue weighted by Crippen LogP contribution is 2.28. The van der Waals surface area contributed by atoms with Crippen LogP contribution in [-0.4, -0.2) is 39.2 Å². The third kappa shape index (κ3) is 4.67. The lowest BCUT2D eigenvalue weighted by Crippen LogP contribution is -2.33. The van der Waals surface area contributed by atoms with Crippen molar-refractivity contribution < 1.29 is 9.53 Å². The lowest BCUT2D eigenvalue weighted by molar-refractivity contribution is -0.134. The average Bonchev–Trinajstić information content (AvgIpc) is 3.21. The number of aromatic nitrogens is 3. The molecule has 0 fully saturated rings. The van der Waals surface area contributed by atoms with Crippen LogP contribution in [0.2, 0.25) is 5.02 Å². The van der Waals surface area contributed by atoms with Crippen molar-refractivity contribution in [1.29, 1.82) is 0 Å². The minimum atomic E-state index is -0.137. The lowest BCUT2D eigenvalue weighted by atomic mass is 10.1. The molecular weight excluding hydrogens is 432 g/mol. The Morgan fingerprint density at radius 1 is 1.30 bits per heavy atom. The van der Waals surface area contributed by atoms with E-state index in [-0.39, 0.29) is 18.6 Å². The van der Waals surface area contributed by atoms with Gasteiger partial charge in [0, 0.05) is 11.5 Å². The van der Waals surface area contributed by atoms with Gasteiger partial charge in [0.25, 0.3) is 5.91 Å². The number of halogens is 2. The smallest absolute Gasteiger partial charge is 0.260 e. The molecule has 0 spiro atoms. The van der Waals surface area contributed by atoms with Crippen molar-refractivity contribution in [2.45, 2.75) is 13.0 Å². The van der Waals surface area contributed by atoms with Crippen LogP contribution < -0.4 is 4.74 Å². The normalized spacial score (nSPS) is 11.9. The minimum Gasteiger partial charge on any atom is -0.482 e. The van der Waals surface area contributed by atoms with Crippen molar-refractivity contribution in [3.05, 3.63) is 70.2 Å². The zero-order valence-corrected chi connectivity index (χ0v) is 17.2. The second kappa shape index (κ2) is 8.54. The Morgan fingerprint density at radius 3 is 2.67 bits per heavy atom. The van der Waals surface area contributed by atoms with Crippen LogP contribution in [0, 0.1) is 0 Å². The predicted octanol–water partition coefficient (Wildman–Crippen LogP) is 4.28. The van der Waals surface area contributed by atoms with Gasteiger partial charge in [-0.3, -0.25) is 4.79 Å². The maximum atomic E-state index is 12.5. The van der Waals surface area contributed by atoms with E-state index in [1.807, 2.05) is 37.3 Å². The summed E-state index contributed by atoms with van der Waals surface area (Å²) < 4.78 is 8.10. The second-order valence-corrected chi connectivity index (χ2v) is 7.30. The highest BCUT2D eigenvalue weighted by molar-refractivity contribution is 9.10. The molecule has 6 nitrogen and oxygen atoms in total. The number of hydrogen-bond acceptors (Lipinski definition) is 4. The summed E-state index contributed by atoms with van der Waals surface area (Å²) >= 11 is 9.45.